The van der Waals surface area contributed by atoms with Gasteiger partial charge in [0.2, 0.25) is 0 Å². The van der Waals surface area contributed by atoms with Gasteiger partial charge in [-0.2, -0.15) is 0 Å². The molecule has 1 nitrogen and oxygen atoms in total. The minimum Gasteiger partial charge on any atom is -0.388 e. The molecule has 0 bridgehead atoms. The Bertz CT molecular complexity index is 783. The van der Waals surface area contributed by atoms with Crippen LogP contribution in [0.3, 0.4) is 0 Å². The zero-order chi connectivity index (χ0) is 14.8. The van der Waals surface area contributed by atoms with Crippen molar-refractivity contribution in [1.82, 2.24) is 0 Å². The maximum Gasteiger partial charge on any atom is 0.129 e. The van der Waals surface area contributed by atoms with Gasteiger partial charge in [0.15, 0.2) is 0 Å². The summed E-state index contributed by atoms with van der Waals surface area (Å²) < 4.78 is 26.8. The van der Waals surface area contributed by atoms with Crippen LogP contribution in [-0.2, 0) is 6.42 Å². The second kappa shape index (κ2) is 5.62. The highest BCUT2D eigenvalue weighted by atomic mass is 19.1. The molecule has 21 heavy (non-hydrogen) atoms. The van der Waals surface area contributed by atoms with Crippen molar-refractivity contribution in [2.45, 2.75) is 12.5 Å². The molecule has 0 aromatic heterocycles. The van der Waals surface area contributed by atoms with E-state index in [0.717, 1.165) is 34.5 Å². The lowest BCUT2D eigenvalue weighted by molar-refractivity contribution is 0.173. The van der Waals surface area contributed by atoms with Gasteiger partial charge in [-0.3, -0.25) is 0 Å². The van der Waals surface area contributed by atoms with Gasteiger partial charge in [-0.25, -0.2) is 8.78 Å². The zero-order valence-electron chi connectivity index (χ0n) is 11.3. The summed E-state index contributed by atoms with van der Waals surface area (Å²) in [6.07, 6.45) is -0.826. The normalized spacial score (nSPS) is 12.5. The Balaban J connectivity index is 1.88. The van der Waals surface area contributed by atoms with Crippen molar-refractivity contribution in [3.8, 4) is 0 Å². The summed E-state index contributed by atoms with van der Waals surface area (Å²) in [5, 5.41) is 12.3. The Morgan fingerprint density at radius 2 is 1.62 bits per heavy atom. The number of hydrogen-bond acceptors (Lipinski definition) is 1. The molecule has 0 saturated carbocycles. The summed E-state index contributed by atoms with van der Waals surface area (Å²) in [6.45, 7) is 0. The highest BCUT2D eigenvalue weighted by Gasteiger charge is 2.14. The molecule has 0 aliphatic heterocycles. The third-order valence-corrected chi connectivity index (χ3v) is 3.56. The second-order valence-electron chi connectivity index (χ2n) is 5.07. The van der Waals surface area contributed by atoms with Gasteiger partial charge in [-0.05, 0) is 34.5 Å². The fourth-order valence-corrected chi connectivity index (χ4v) is 2.47. The highest BCUT2D eigenvalue weighted by molar-refractivity contribution is 5.83. The average Bonchev–Trinajstić information content (AvgIpc) is 2.49. The van der Waals surface area contributed by atoms with E-state index < -0.39 is 17.7 Å². The molecule has 1 unspecified atom stereocenters. The Hall–Kier alpha value is -2.26. The van der Waals surface area contributed by atoms with E-state index >= 15 is 0 Å². The Morgan fingerprint density at radius 1 is 0.857 bits per heavy atom. The van der Waals surface area contributed by atoms with Crippen molar-refractivity contribution < 1.29 is 13.9 Å². The fraction of sp³-hybridized carbons (Fsp3) is 0.111. The summed E-state index contributed by atoms with van der Waals surface area (Å²) in [7, 11) is 0. The predicted octanol–water partition coefficient (Wildman–Crippen LogP) is 4.39. The van der Waals surface area contributed by atoms with Crippen LogP contribution in [0, 0.1) is 11.6 Å². The molecule has 0 radical (unpaired) electrons. The number of rotatable bonds is 3. The first kappa shape index (κ1) is 13.7. The van der Waals surface area contributed by atoms with Crippen molar-refractivity contribution in [3.05, 3.63) is 83.4 Å². The molecule has 0 spiro atoms. The van der Waals surface area contributed by atoms with Crippen LogP contribution in [0.1, 0.15) is 17.2 Å². The summed E-state index contributed by atoms with van der Waals surface area (Å²) in [5.41, 5.74) is 0.869. The smallest absolute Gasteiger partial charge is 0.129 e. The molecule has 0 saturated heterocycles. The first-order valence-electron chi connectivity index (χ1n) is 6.74. The van der Waals surface area contributed by atoms with Crippen molar-refractivity contribution in [2.75, 3.05) is 0 Å². The molecule has 3 rings (SSSR count). The van der Waals surface area contributed by atoms with E-state index in [-0.39, 0.29) is 12.0 Å². The SMILES string of the molecule is OC(Cc1ccc2ccccc2c1)c1cc(F)ccc1F. The molecule has 0 amide bonds. The van der Waals surface area contributed by atoms with E-state index in [0.29, 0.717) is 0 Å². The molecular formula is C18H14F2O. The summed E-state index contributed by atoms with van der Waals surface area (Å²) in [4.78, 5) is 0. The van der Waals surface area contributed by atoms with Crippen LogP contribution in [0.4, 0.5) is 8.78 Å². The molecule has 106 valence electrons. The summed E-state index contributed by atoms with van der Waals surface area (Å²) in [5.74, 6) is -1.14. The van der Waals surface area contributed by atoms with E-state index in [4.69, 9.17) is 0 Å². The predicted molar refractivity (Wildman–Crippen MR) is 79.0 cm³/mol. The Kier molecular flexibility index (Phi) is 3.67. The molecule has 3 aromatic rings. The second-order valence-corrected chi connectivity index (χ2v) is 5.07. The number of halogens is 2. The lowest BCUT2D eigenvalue weighted by Gasteiger charge is -2.13. The Labute approximate surface area is 121 Å². The molecule has 3 heteroatoms. The number of benzene rings is 3. The van der Waals surface area contributed by atoms with Gasteiger partial charge in [0, 0.05) is 12.0 Å². The van der Waals surface area contributed by atoms with E-state index in [1.54, 1.807) is 0 Å². The van der Waals surface area contributed by atoms with Gasteiger partial charge >= 0.3 is 0 Å². The lowest BCUT2D eigenvalue weighted by atomic mass is 9.98. The number of aliphatic hydroxyl groups is 1. The molecule has 0 aliphatic carbocycles. The van der Waals surface area contributed by atoms with E-state index in [2.05, 4.69) is 0 Å². The first-order valence-corrected chi connectivity index (χ1v) is 6.74. The van der Waals surface area contributed by atoms with E-state index in [1.165, 1.54) is 0 Å². The maximum absolute atomic E-state index is 13.6. The minimum absolute atomic E-state index is 0.0110. The average molecular weight is 284 g/mol. The number of fused-ring (bicyclic) bond motifs is 1. The highest BCUT2D eigenvalue weighted by Crippen LogP contribution is 2.24. The summed E-state index contributed by atoms with van der Waals surface area (Å²) in [6, 6.07) is 16.8. The summed E-state index contributed by atoms with van der Waals surface area (Å²) >= 11 is 0. The molecule has 0 fully saturated rings. The monoisotopic (exact) mass is 284 g/mol. The van der Waals surface area contributed by atoms with Gasteiger partial charge in [0.05, 0.1) is 6.10 Å². The quantitative estimate of drug-likeness (QED) is 0.756. The van der Waals surface area contributed by atoms with E-state index in [1.807, 2.05) is 42.5 Å². The number of aliphatic hydroxyl groups excluding tert-OH is 1. The van der Waals surface area contributed by atoms with Crippen LogP contribution >= 0.6 is 0 Å². The van der Waals surface area contributed by atoms with Crippen molar-refractivity contribution in [1.29, 1.82) is 0 Å². The molecule has 1 N–H and O–H groups in total. The third kappa shape index (κ3) is 2.93. The Morgan fingerprint density at radius 3 is 2.43 bits per heavy atom. The molecule has 3 aromatic carbocycles. The number of hydrogen-bond donors (Lipinski definition) is 1. The van der Waals surface area contributed by atoms with Crippen LogP contribution in [0.5, 0.6) is 0 Å². The maximum atomic E-state index is 13.6. The van der Waals surface area contributed by atoms with Gasteiger partial charge in [0.25, 0.3) is 0 Å². The van der Waals surface area contributed by atoms with Crippen LogP contribution in [0.25, 0.3) is 10.8 Å². The zero-order valence-corrected chi connectivity index (χ0v) is 11.3. The van der Waals surface area contributed by atoms with Crippen LogP contribution in [0.15, 0.2) is 60.7 Å². The van der Waals surface area contributed by atoms with Crippen LogP contribution < -0.4 is 0 Å². The van der Waals surface area contributed by atoms with Gasteiger partial charge in [0.1, 0.15) is 11.6 Å². The first-order chi connectivity index (χ1) is 10.1. The minimum atomic E-state index is -1.07. The van der Waals surface area contributed by atoms with Gasteiger partial charge in [-0.15, -0.1) is 0 Å². The molecule has 1 atom stereocenters. The molecular weight excluding hydrogens is 270 g/mol. The van der Waals surface area contributed by atoms with Gasteiger partial charge in [-0.1, -0.05) is 42.5 Å². The van der Waals surface area contributed by atoms with Crippen LogP contribution in [-0.4, -0.2) is 5.11 Å². The molecule has 0 heterocycles. The van der Waals surface area contributed by atoms with Crippen LogP contribution in [0.2, 0.25) is 0 Å². The molecule has 0 aliphatic rings. The fourth-order valence-electron chi connectivity index (χ4n) is 2.47. The van der Waals surface area contributed by atoms with Crippen molar-refractivity contribution >= 4 is 10.8 Å². The standard InChI is InChI=1S/C18H14F2O/c19-15-7-8-17(20)16(11-15)18(21)10-12-5-6-13-3-1-2-4-14(13)9-12/h1-9,11,18,21H,10H2. The van der Waals surface area contributed by atoms with Gasteiger partial charge < -0.3 is 5.11 Å². The topological polar surface area (TPSA) is 20.2 Å². The van der Waals surface area contributed by atoms with E-state index in [9.17, 15) is 13.9 Å². The third-order valence-electron chi connectivity index (χ3n) is 3.56. The van der Waals surface area contributed by atoms with Crippen molar-refractivity contribution in [2.24, 2.45) is 0 Å². The largest absolute Gasteiger partial charge is 0.388 e. The lowest BCUT2D eigenvalue weighted by Crippen LogP contribution is -2.05. The van der Waals surface area contributed by atoms with Crippen molar-refractivity contribution in [3.63, 3.8) is 0 Å².